The monoisotopic (exact) mass is 537 g/mol. The molecule has 1 fully saturated rings. The number of nitrogens with one attached hydrogen (secondary N) is 1. The van der Waals surface area contributed by atoms with Crippen LogP contribution < -0.4 is 11.1 Å². The number of fused-ring (bicyclic) bond motifs is 1. The molecule has 0 atom stereocenters. The van der Waals surface area contributed by atoms with Crippen LogP contribution in [0.25, 0.3) is 16.5 Å². The molecule has 2 heterocycles. The summed E-state index contributed by atoms with van der Waals surface area (Å²) in [7, 11) is 2.00. The topological polar surface area (TPSA) is 84.1 Å². The Morgan fingerprint density at radius 3 is 2.63 bits per heavy atom. The summed E-state index contributed by atoms with van der Waals surface area (Å²) in [5, 5.41) is 3.47. The van der Waals surface area contributed by atoms with E-state index in [0.29, 0.717) is 22.4 Å². The summed E-state index contributed by atoms with van der Waals surface area (Å²) in [4.78, 5) is 24.2. The molecule has 2 aromatic carbocycles. The second-order valence-electron chi connectivity index (χ2n) is 9.79. The predicted octanol–water partition coefficient (Wildman–Crippen LogP) is 5.76. The summed E-state index contributed by atoms with van der Waals surface area (Å²) in [6, 6.07) is 9.42. The summed E-state index contributed by atoms with van der Waals surface area (Å²) < 4.78 is 41.2. The number of piperidine rings is 1. The number of benzene rings is 2. The van der Waals surface area contributed by atoms with Crippen molar-refractivity contribution in [3.8, 4) is 0 Å². The Balaban J connectivity index is 1.42. The molecule has 0 unspecified atom stereocenters. The highest BCUT2D eigenvalue weighted by Crippen LogP contribution is 2.37. The van der Waals surface area contributed by atoms with Crippen LogP contribution in [0.1, 0.15) is 41.9 Å². The van der Waals surface area contributed by atoms with Crippen LogP contribution in [0.2, 0.25) is 0 Å². The van der Waals surface area contributed by atoms with Gasteiger partial charge in [-0.05, 0) is 98.1 Å². The number of likely N-dealkylation sites (tertiary alicyclic amines) is 1. The van der Waals surface area contributed by atoms with Crippen LogP contribution in [0.15, 0.2) is 60.3 Å². The van der Waals surface area contributed by atoms with Gasteiger partial charge in [-0.15, -0.1) is 0 Å². The molecule has 10 heteroatoms. The van der Waals surface area contributed by atoms with Crippen LogP contribution in [0.3, 0.4) is 0 Å². The molecule has 0 spiro atoms. The van der Waals surface area contributed by atoms with E-state index in [4.69, 9.17) is 18.0 Å². The maximum Gasteiger partial charge on any atom is 0.416 e. The maximum absolute atomic E-state index is 13.7. The van der Waals surface area contributed by atoms with Crippen LogP contribution in [-0.2, 0) is 11.0 Å². The predicted molar refractivity (Wildman–Crippen MR) is 147 cm³/mol. The first-order chi connectivity index (χ1) is 18.0. The fourth-order valence-electron chi connectivity index (χ4n) is 4.92. The zero-order chi connectivity index (χ0) is 27.0. The van der Waals surface area contributed by atoms with Gasteiger partial charge in [0.15, 0.2) is 0 Å². The van der Waals surface area contributed by atoms with Gasteiger partial charge in [-0.2, -0.15) is 13.2 Å². The number of rotatable bonds is 4. The smallest absolute Gasteiger partial charge is 0.368 e. The molecule has 2 aliphatic rings. The molecule has 6 nitrogen and oxygen atoms in total. The number of amides is 1. The molecule has 0 radical (unpaired) electrons. The third kappa shape index (κ3) is 5.76. The molecule has 0 saturated carbocycles. The van der Waals surface area contributed by atoms with Gasteiger partial charge in [-0.3, -0.25) is 4.79 Å². The molecular weight excluding hydrogens is 511 g/mol. The van der Waals surface area contributed by atoms with E-state index in [0.717, 1.165) is 48.5 Å². The van der Waals surface area contributed by atoms with E-state index in [1.54, 1.807) is 24.4 Å². The second kappa shape index (κ2) is 10.3. The molecule has 196 valence electrons. The Morgan fingerprint density at radius 2 is 1.89 bits per heavy atom. The Morgan fingerprint density at radius 1 is 1.13 bits per heavy atom. The van der Waals surface area contributed by atoms with Crippen molar-refractivity contribution in [3.63, 3.8) is 0 Å². The van der Waals surface area contributed by atoms with Crippen molar-refractivity contribution in [3.05, 3.63) is 77.0 Å². The Labute approximate surface area is 223 Å². The zero-order valence-corrected chi connectivity index (χ0v) is 21.5. The largest absolute Gasteiger partial charge is 0.416 e. The third-order valence-electron chi connectivity index (χ3n) is 6.97. The quantitative estimate of drug-likeness (QED) is 0.412. The molecule has 1 amide bonds. The van der Waals surface area contributed by atoms with Gasteiger partial charge in [0.05, 0.1) is 11.1 Å². The van der Waals surface area contributed by atoms with Crippen molar-refractivity contribution < 1.29 is 18.0 Å². The van der Waals surface area contributed by atoms with Gasteiger partial charge in [0.2, 0.25) is 5.95 Å². The number of hydrogen-bond acceptors (Lipinski definition) is 6. The lowest BCUT2D eigenvalue weighted by Gasteiger charge is -2.30. The molecule has 3 N–H and O–H groups in total. The summed E-state index contributed by atoms with van der Waals surface area (Å²) in [6.45, 7) is 1.63. The van der Waals surface area contributed by atoms with Crippen LogP contribution in [0, 0.1) is 0 Å². The number of nitrogen functional groups attached to an aromatic ring is 1. The zero-order valence-electron chi connectivity index (χ0n) is 20.7. The molecule has 38 heavy (non-hydrogen) atoms. The Bertz CT molecular complexity index is 1490. The van der Waals surface area contributed by atoms with Crippen molar-refractivity contribution in [1.82, 2.24) is 14.9 Å². The van der Waals surface area contributed by atoms with E-state index in [1.165, 1.54) is 6.07 Å². The molecule has 1 aliphatic heterocycles. The van der Waals surface area contributed by atoms with Gasteiger partial charge in [0.1, 0.15) is 0 Å². The van der Waals surface area contributed by atoms with E-state index in [-0.39, 0.29) is 23.1 Å². The number of hydrogen-bond donors (Lipinski definition) is 2. The fourth-order valence-corrected chi connectivity index (χ4v) is 5.21. The number of carbonyl (C=O) groups is 1. The number of aromatic nitrogens is 2. The highest BCUT2D eigenvalue weighted by atomic mass is 32.1. The first kappa shape index (κ1) is 26.0. The van der Waals surface area contributed by atoms with Crippen molar-refractivity contribution in [1.29, 1.82) is 0 Å². The van der Waals surface area contributed by atoms with Gasteiger partial charge < -0.3 is 16.0 Å². The van der Waals surface area contributed by atoms with Gasteiger partial charge in [0.25, 0.3) is 5.91 Å². The summed E-state index contributed by atoms with van der Waals surface area (Å²) in [5.74, 6) is -0.335. The minimum atomic E-state index is -4.52. The standard InChI is InChI=1S/C28H26F3N5OS/c1-36-6-4-16(5-7-36)19-10-22(28(29,30)31)14-23(11-19)34-26(37)20-9-18(12-24(38)13-20)17-2-3-25-21(8-17)15-33-27(32)35-25/h2-3,8-11,13-16H,4-7,12H2,1H3,(H,34,37)(H2,32,33,35). The highest BCUT2D eigenvalue weighted by molar-refractivity contribution is 7.80. The van der Waals surface area contributed by atoms with Gasteiger partial charge in [0, 0.05) is 34.1 Å². The third-order valence-corrected chi connectivity index (χ3v) is 7.24. The number of thiocarbonyl (C=S) groups is 1. The van der Waals surface area contributed by atoms with Crippen molar-refractivity contribution >= 4 is 51.1 Å². The van der Waals surface area contributed by atoms with Crippen molar-refractivity contribution in [2.45, 2.75) is 31.4 Å². The molecule has 1 aromatic heterocycles. The van der Waals surface area contributed by atoms with E-state index >= 15 is 0 Å². The Hall–Kier alpha value is -3.63. The van der Waals surface area contributed by atoms with E-state index < -0.39 is 17.6 Å². The lowest BCUT2D eigenvalue weighted by atomic mass is 9.88. The lowest BCUT2D eigenvalue weighted by molar-refractivity contribution is -0.137. The SMILES string of the molecule is CN1CCC(c2cc(NC(=O)C3=CC(=S)CC(c4ccc5nc(N)ncc5c4)=C3)cc(C(F)(F)F)c2)CC1. The van der Waals surface area contributed by atoms with Gasteiger partial charge in [-0.1, -0.05) is 18.3 Å². The molecule has 3 aromatic rings. The molecular formula is C28H26F3N5OS. The molecule has 0 bridgehead atoms. The minimum absolute atomic E-state index is 0.00403. The van der Waals surface area contributed by atoms with Crippen molar-refractivity contribution in [2.24, 2.45) is 0 Å². The van der Waals surface area contributed by atoms with E-state index in [9.17, 15) is 18.0 Å². The van der Waals surface area contributed by atoms with Gasteiger partial charge in [-0.25, -0.2) is 9.97 Å². The van der Waals surface area contributed by atoms with Crippen molar-refractivity contribution in [2.75, 3.05) is 31.2 Å². The molecule has 5 rings (SSSR count). The number of alkyl halides is 3. The maximum atomic E-state index is 13.7. The van der Waals surface area contributed by atoms with Crippen LogP contribution in [-0.4, -0.2) is 45.8 Å². The molecule has 1 aliphatic carbocycles. The summed E-state index contributed by atoms with van der Waals surface area (Å²) in [5.41, 5.74) is 8.23. The number of allylic oxidation sites excluding steroid dienone is 2. The highest BCUT2D eigenvalue weighted by Gasteiger charge is 2.32. The number of nitrogens with zero attached hydrogens (tertiary/aromatic N) is 3. The number of nitrogens with two attached hydrogens (primary N) is 1. The van der Waals surface area contributed by atoms with Gasteiger partial charge >= 0.3 is 6.18 Å². The Kier molecular flexibility index (Phi) is 7.02. The first-order valence-electron chi connectivity index (χ1n) is 12.2. The first-order valence-corrected chi connectivity index (χ1v) is 12.7. The number of halogens is 3. The molecule has 1 saturated heterocycles. The van der Waals surface area contributed by atoms with Crippen LogP contribution in [0.5, 0.6) is 0 Å². The lowest BCUT2D eigenvalue weighted by Crippen LogP contribution is -2.29. The normalized spacial score (nSPS) is 17.3. The number of anilines is 2. The minimum Gasteiger partial charge on any atom is -0.368 e. The second-order valence-corrected chi connectivity index (χ2v) is 10.3. The van der Waals surface area contributed by atoms with E-state index in [1.807, 2.05) is 25.2 Å². The average Bonchev–Trinajstić information content (AvgIpc) is 2.87. The number of carbonyl (C=O) groups excluding carboxylic acids is 1. The average molecular weight is 538 g/mol. The fraction of sp³-hybridized carbons (Fsp3) is 0.286. The van der Waals surface area contributed by atoms with Crippen LogP contribution >= 0.6 is 12.2 Å². The van der Waals surface area contributed by atoms with E-state index in [2.05, 4.69) is 20.2 Å². The summed E-state index contributed by atoms with van der Waals surface area (Å²) in [6.07, 6.45) is 2.39. The summed E-state index contributed by atoms with van der Waals surface area (Å²) >= 11 is 5.45. The van der Waals surface area contributed by atoms with Crippen LogP contribution in [0.4, 0.5) is 24.8 Å².